The highest BCUT2D eigenvalue weighted by Crippen LogP contribution is 2.45. The molecule has 4 rings (SSSR count). The maximum atomic E-state index is 14.0. The number of carbonyl (C=O) groups excluding carboxylic acids is 2. The number of likely N-dealkylation sites (tertiary alicyclic amines) is 2. The van der Waals surface area contributed by atoms with Crippen molar-refractivity contribution in [1.82, 2.24) is 15.1 Å². The third-order valence-corrected chi connectivity index (χ3v) is 7.46. The van der Waals surface area contributed by atoms with Gasteiger partial charge in [-0.1, -0.05) is 42.2 Å². The number of likely N-dealkylation sites (N-methyl/N-ethyl adjacent to an activating group) is 1. The second kappa shape index (κ2) is 7.42. The second-order valence-corrected chi connectivity index (χ2v) is 9.91. The Morgan fingerprint density at radius 1 is 1.07 bits per heavy atom. The molecule has 0 radical (unpaired) electrons. The lowest BCUT2D eigenvalue weighted by molar-refractivity contribution is -0.137. The number of piperidine rings is 1. The lowest BCUT2D eigenvalue weighted by Crippen LogP contribution is -2.63. The molecule has 29 heavy (non-hydrogen) atoms. The molecule has 1 aromatic rings. The van der Waals surface area contributed by atoms with E-state index < -0.39 is 5.41 Å². The van der Waals surface area contributed by atoms with Crippen LogP contribution in [0.5, 0.6) is 0 Å². The maximum Gasteiger partial charge on any atom is 0.233 e. The standard InChI is InChI=1S/C24H35N3O2/c1-17-11-18(2)13-21(12-17)23(8-5-6-9-23)22(29)27-14-20-7-10-26(4)15-24(20,16-27)25-19(3)28/h11-13,20H,5-10,14-16H2,1-4H3,(H,25,28)/t20-,24-/m1/s1. The van der Waals surface area contributed by atoms with Crippen LogP contribution >= 0.6 is 0 Å². The average molecular weight is 398 g/mol. The molecule has 2 saturated heterocycles. The first-order chi connectivity index (χ1) is 13.7. The number of amides is 2. The van der Waals surface area contributed by atoms with Crippen LogP contribution in [-0.2, 0) is 15.0 Å². The van der Waals surface area contributed by atoms with Crippen molar-refractivity contribution in [1.29, 1.82) is 0 Å². The van der Waals surface area contributed by atoms with Crippen molar-refractivity contribution >= 4 is 11.8 Å². The number of nitrogens with one attached hydrogen (secondary N) is 1. The third-order valence-electron chi connectivity index (χ3n) is 7.46. The van der Waals surface area contributed by atoms with Crippen molar-refractivity contribution in [3.63, 3.8) is 0 Å². The molecule has 1 aliphatic carbocycles. The molecule has 0 bridgehead atoms. The van der Waals surface area contributed by atoms with Crippen LogP contribution in [0.2, 0.25) is 0 Å². The van der Waals surface area contributed by atoms with Crippen LogP contribution in [0.25, 0.3) is 0 Å². The minimum absolute atomic E-state index is 0.00416. The molecule has 3 aliphatic rings. The van der Waals surface area contributed by atoms with E-state index in [2.05, 4.69) is 54.2 Å². The molecule has 0 spiro atoms. The quantitative estimate of drug-likeness (QED) is 0.853. The highest BCUT2D eigenvalue weighted by molar-refractivity contribution is 5.89. The van der Waals surface area contributed by atoms with E-state index in [1.807, 2.05) is 0 Å². The first-order valence-electron chi connectivity index (χ1n) is 11.1. The fourth-order valence-corrected chi connectivity index (χ4v) is 6.30. The van der Waals surface area contributed by atoms with Crippen molar-refractivity contribution < 1.29 is 9.59 Å². The normalized spacial score (nSPS) is 29.0. The Kier molecular flexibility index (Phi) is 5.22. The first-order valence-corrected chi connectivity index (χ1v) is 11.1. The number of benzene rings is 1. The first kappa shape index (κ1) is 20.4. The van der Waals surface area contributed by atoms with E-state index in [4.69, 9.17) is 0 Å². The van der Waals surface area contributed by atoms with Crippen LogP contribution in [-0.4, -0.2) is 60.4 Å². The molecule has 5 nitrogen and oxygen atoms in total. The largest absolute Gasteiger partial charge is 0.347 e. The molecule has 1 saturated carbocycles. The summed E-state index contributed by atoms with van der Waals surface area (Å²) in [4.78, 5) is 30.4. The highest BCUT2D eigenvalue weighted by Gasteiger charge is 2.54. The summed E-state index contributed by atoms with van der Waals surface area (Å²) >= 11 is 0. The molecular weight excluding hydrogens is 362 g/mol. The molecule has 0 unspecified atom stereocenters. The van der Waals surface area contributed by atoms with Gasteiger partial charge in [-0.3, -0.25) is 9.59 Å². The Morgan fingerprint density at radius 2 is 1.72 bits per heavy atom. The molecular formula is C24H35N3O2. The van der Waals surface area contributed by atoms with E-state index in [0.29, 0.717) is 12.5 Å². The second-order valence-electron chi connectivity index (χ2n) is 9.91. The fraction of sp³-hybridized carbons (Fsp3) is 0.667. The lowest BCUT2D eigenvalue weighted by atomic mass is 9.76. The van der Waals surface area contributed by atoms with Gasteiger partial charge < -0.3 is 15.1 Å². The van der Waals surface area contributed by atoms with Gasteiger partial charge in [0, 0.05) is 32.5 Å². The molecule has 158 valence electrons. The SMILES string of the molecule is CC(=O)N[C@@]12CN(C)CC[C@@H]1CN(C(=O)C1(c3cc(C)cc(C)c3)CCCC1)C2. The van der Waals surface area contributed by atoms with Crippen molar-refractivity contribution in [2.45, 2.75) is 63.8 Å². The zero-order valence-corrected chi connectivity index (χ0v) is 18.4. The number of nitrogens with zero attached hydrogens (tertiary/aromatic N) is 2. The lowest BCUT2D eigenvalue weighted by Gasteiger charge is -2.43. The molecule has 2 amide bonds. The molecule has 2 atom stereocenters. The van der Waals surface area contributed by atoms with E-state index in [9.17, 15) is 9.59 Å². The topological polar surface area (TPSA) is 52.7 Å². The number of rotatable bonds is 3. The van der Waals surface area contributed by atoms with Gasteiger partial charge >= 0.3 is 0 Å². The summed E-state index contributed by atoms with van der Waals surface area (Å²) in [5, 5.41) is 3.26. The van der Waals surface area contributed by atoms with Crippen molar-refractivity contribution in [2.24, 2.45) is 5.92 Å². The predicted octanol–water partition coefficient (Wildman–Crippen LogP) is 2.78. The highest BCUT2D eigenvalue weighted by atomic mass is 16.2. The summed E-state index contributed by atoms with van der Waals surface area (Å²) in [7, 11) is 2.11. The summed E-state index contributed by atoms with van der Waals surface area (Å²) in [6, 6.07) is 6.62. The van der Waals surface area contributed by atoms with Crippen LogP contribution in [0.1, 0.15) is 55.7 Å². The summed E-state index contributed by atoms with van der Waals surface area (Å²) in [6.07, 6.45) is 5.11. The molecule has 3 fully saturated rings. The number of hydrogen-bond acceptors (Lipinski definition) is 3. The Bertz CT molecular complexity index is 794. The van der Waals surface area contributed by atoms with Crippen LogP contribution in [0, 0.1) is 19.8 Å². The number of carbonyl (C=O) groups is 2. The van der Waals surface area contributed by atoms with Gasteiger partial charge in [-0.05, 0) is 52.3 Å². The molecule has 5 heteroatoms. The van der Waals surface area contributed by atoms with Gasteiger partial charge in [0.25, 0.3) is 0 Å². The minimum atomic E-state index is -0.395. The average Bonchev–Trinajstić information content (AvgIpc) is 3.25. The number of fused-ring (bicyclic) bond motifs is 1. The fourth-order valence-electron chi connectivity index (χ4n) is 6.30. The predicted molar refractivity (Wildman–Crippen MR) is 115 cm³/mol. The van der Waals surface area contributed by atoms with Gasteiger partial charge in [0.2, 0.25) is 11.8 Å². The minimum Gasteiger partial charge on any atom is -0.347 e. The molecule has 2 heterocycles. The summed E-state index contributed by atoms with van der Waals surface area (Å²) in [6.45, 7) is 9.07. The number of aryl methyl sites for hydroxylation is 2. The smallest absolute Gasteiger partial charge is 0.233 e. The molecule has 2 aliphatic heterocycles. The van der Waals surface area contributed by atoms with Crippen molar-refractivity contribution in [2.75, 3.05) is 33.2 Å². The maximum absolute atomic E-state index is 14.0. The summed E-state index contributed by atoms with van der Waals surface area (Å²) in [5.74, 6) is 0.621. The van der Waals surface area contributed by atoms with E-state index in [-0.39, 0.29) is 17.4 Å². The van der Waals surface area contributed by atoms with Crippen LogP contribution in [0.4, 0.5) is 0 Å². The van der Waals surface area contributed by atoms with Gasteiger partial charge in [-0.15, -0.1) is 0 Å². The zero-order valence-electron chi connectivity index (χ0n) is 18.4. The molecule has 1 aromatic carbocycles. The zero-order chi connectivity index (χ0) is 20.8. The Balaban J connectivity index is 1.66. The van der Waals surface area contributed by atoms with E-state index >= 15 is 0 Å². The van der Waals surface area contributed by atoms with Crippen LogP contribution < -0.4 is 5.32 Å². The van der Waals surface area contributed by atoms with Gasteiger partial charge in [0.1, 0.15) is 0 Å². The third kappa shape index (κ3) is 3.58. The van der Waals surface area contributed by atoms with Crippen LogP contribution in [0.3, 0.4) is 0 Å². The Hall–Kier alpha value is -1.88. The van der Waals surface area contributed by atoms with Gasteiger partial charge in [0.05, 0.1) is 11.0 Å². The van der Waals surface area contributed by atoms with Gasteiger partial charge in [-0.2, -0.15) is 0 Å². The van der Waals surface area contributed by atoms with Crippen LogP contribution in [0.15, 0.2) is 18.2 Å². The number of hydrogen-bond donors (Lipinski definition) is 1. The van der Waals surface area contributed by atoms with E-state index in [1.165, 1.54) is 16.7 Å². The summed E-state index contributed by atoms with van der Waals surface area (Å²) in [5.41, 5.74) is 2.94. The van der Waals surface area contributed by atoms with Gasteiger partial charge in [0.15, 0.2) is 0 Å². The van der Waals surface area contributed by atoms with E-state index in [1.54, 1.807) is 6.92 Å². The van der Waals surface area contributed by atoms with E-state index in [0.717, 1.165) is 51.7 Å². The van der Waals surface area contributed by atoms with Crippen molar-refractivity contribution in [3.05, 3.63) is 34.9 Å². The molecule has 1 N–H and O–H groups in total. The van der Waals surface area contributed by atoms with Gasteiger partial charge in [-0.25, -0.2) is 0 Å². The molecule has 0 aromatic heterocycles. The monoisotopic (exact) mass is 397 g/mol. The summed E-state index contributed by atoms with van der Waals surface area (Å²) < 4.78 is 0. The Labute approximate surface area is 174 Å². The van der Waals surface area contributed by atoms with Crippen molar-refractivity contribution in [3.8, 4) is 0 Å². The Morgan fingerprint density at radius 3 is 2.34 bits per heavy atom.